The normalized spacial score (nSPS) is 19.2. The molecule has 2 atom stereocenters. The maximum Gasteiger partial charge on any atom is 0.311 e. The Morgan fingerprint density at radius 2 is 1.66 bits per heavy atom. The molecule has 0 bridgehead atoms. The first-order valence-electron chi connectivity index (χ1n) is 9.77. The Labute approximate surface area is 170 Å². The topological polar surface area (TPSA) is 42.4 Å². The van der Waals surface area contributed by atoms with Crippen LogP contribution >= 0.6 is 0 Å². The van der Waals surface area contributed by atoms with Crippen LogP contribution in [0.25, 0.3) is 0 Å². The number of hydrogen-bond acceptors (Lipinski definition) is 4. The fraction of sp³-hybridized carbons (Fsp3) is 0.250. The number of rotatable bonds is 6. The number of ether oxygens (including phenoxy) is 1. The molecule has 2 aromatic carbocycles. The van der Waals surface area contributed by atoms with E-state index in [-0.39, 0.29) is 30.2 Å². The third-order valence-corrected chi connectivity index (χ3v) is 5.30. The van der Waals surface area contributed by atoms with Crippen molar-refractivity contribution in [1.29, 1.82) is 0 Å². The minimum atomic E-state index is -0.379. The van der Waals surface area contributed by atoms with Gasteiger partial charge in [0.1, 0.15) is 12.4 Å². The zero-order valence-electron chi connectivity index (χ0n) is 16.1. The molecular formula is C24H23FN2O2. The van der Waals surface area contributed by atoms with Crippen LogP contribution in [0.3, 0.4) is 0 Å². The van der Waals surface area contributed by atoms with E-state index in [1.807, 2.05) is 48.5 Å². The molecule has 3 aromatic rings. The minimum Gasteiger partial charge on any atom is -0.461 e. The van der Waals surface area contributed by atoms with Gasteiger partial charge in [-0.15, -0.1) is 0 Å². The van der Waals surface area contributed by atoms with Crippen molar-refractivity contribution in [3.8, 4) is 0 Å². The molecule has 1 saturated heterocycles. The molecule has 4 rings (SSSR count). The summed E-state index contributed by atoms with van der Waals surface area (Å²) in [5, 5.41) is 0. The Hall–Kier alpha value is -3.05. The van der Waals surface area contributed by atoms with Crippen LogP contribution in [0.2, 0.25) is 0 Å². The van der Waals surface area contributed by atoms with Crippen molar-refractivity contribution in [2.24, 2.45) is 5.92 Å². The summed E-state index contributed by atoms with van der Waals surface area (Å²) in [6.45, 7) is 2.27. The highest BCUT2D eigenvalue weighted by Gasteiger charge is 2.40. The van der Waals surface area contributed by atoms with E-state index in [2.05, 4.69) is 22.0 Å². The second-order valence-electron chi connectivity index (χ2n) is 7.39. The number of carbonyl (C=O) groups is 1. The molecule has 0 unspecified atom stereocenters. The fourth-order valence-electron chi connectivity index (χ4n) is 3.84. The first-order valence-corrected chi connectivity index (χ1v) is 9.77. The molecule has 0 radical (unpaired) electrons. The number of pyridine rings is 1. The predicted octanol–water partition coefficient (Wildman–Crippen LogP) is 4.18. The number of halogens is 1. The van der Waals surface area contributed by atoms with Crippen molar-refractivity contribution in [3.05, 3.63) is 102 Å². The molecular weight excluding hydrogens is 367 g/mol. The van der Waals surface area contributed by atoms with E-state index >= 15 is 0 Å². The maximum atomic E-state index is 13.3. The number of nitrogens with zero attached hydrogens (tertiary/aromatic N) is 2. The van der Waals surface area contributed by atoms with Crippen molar-refractivity contribution < 1.29 is 13.9 Å². The third-order valence-electron chi connectivity index (χ3n) is 5.30. The van der Waals surface area contributed by atoms with Gasteiger partial charge in [-0.25, -0.2) is 4.39 Å². The summed E-state index contributed by atoms with van der Waals surface area (Å²) < 4.78 is 19.0. The predicted molar refractivity (Wildman–Crippen MR) is 108 cm³/mol. The molecule has 2 heterocycles. The van der Waals surface area contributed by atoms with E-state index in [1.54, 1.807) is 6.07 Å². The van der Waals surface area contributed by atoms with Gasteiger partial charge in [-0.1, -0.05) is 60.7 Å². The lowest BCUT2D eigenvalue weighted by Gasteiger charge is -2.17. The quantitative estimate of drug-likeness (QED) is 0.592. The van der Waals surface area contributed by atoms with Gasteiger partial charge in [0.2, 0.25) is 0 Å². The van der Waals surface area contributed by atoms with Gasteiger partial charge in [-0.3, -0.25) is 14.7 Å². The molecule has 1 aromatic heterocycles. The highest BCUT2D eigenvalue weighted by molar-refractivity contribution is 5.74. The van der Waals surface area contributed by atoms with Crippen LogP contribution in [0, 0.1) is 11.7 Å². The minimum absolute atomic E-state index is 0.123. The van der Waals surface area contributed by atoms with Crippen molar-refractivity contribution in [3.63, 3.8) is 0 Å². The lowest BCUT2D eigenvalue weighted by molar-refractivity contribution is -0.150. The Kier molecular flexibility index (Phi) is 5.96. The summed E-state index contributed by atoms with van der Waals surface area (Å²) in [6, 6.07) is 22.9. The second-order valence-corrected chi connectivity index (χ2v) is 7.39. The van der Waals surface area contributed by atoms with Crippen molar-refractivity contribution in [2.75, 3.05) is 13.1 Å². The van der Waals surface area contributed by atoms with Gasteiger partial charge >= 0.3 is 5.97 Å². The van der Waals surface area contributed by atoms with Gasteiger partial charge in [0.05, 0.1) is 12.1 Å². The monoisotopic (exact) mass is 390 g/mol. The summed E-state index contributed by atoms with van der Waals surface area (Å²) in [5.74, 6) is -1.07. The molecule has 1 aliphatic rings. The van der Waals surface area contributed by atoms with Gasteiger partial charge in [-0.2, -0.15) is 0 Å². The highest BCUT2D eigenvalue weighted by atomic mass is 19.1. The van der Waals surface area contributed by atoms with Crippen LogP contribution in [0.15, 0.2) is 79.0 Å². The highest BCUT2D eigenvalue weighted by Crippen LogP contribution is 2.33. The lowest BCUT2D eigenvalue weighted by atomic mass is 9.92. The Morgan fingerprint density at radius 1 is 0.966 bits per heavy atom. The Morgan fingerprint density at radius 3 is 2.31 bits per heavy atom. The fourth-order valence-corrected chi connectivity index (χ4v) is 3.84. The molecule has 0 saturated carbocycles. The number of esters is 1. The number of hydrogen-bond donors (Lipinski definition) is 0. The summed E-state index contributed by atoms with van der Waals surface area (Å²) in [5.41, 5.74) is 2.87. The molecule has 0 amide bonds. The zero-order chi connectivity index (χ0) is 20.1. The number of carbonyl (C=O) groups excluding carboxylic acids is 1. The van der Waals surface area contributed by atoms with Gasteiger partial charge in [0, 0.05) is 31.2 Å². The second kappa shape index (κ2) is 8.97. The van der Waals surface area contributed by atoms with Crippen LogP contribution in [0.5, 0.6) is 0 Å². The van der Waals surface area contributed by atoms with Crippen LogP contribution in [0.1, 0.15) is 22.7 Å². The molecule has 0 spiro atoms. The Bertz CT molecular complexity index is 932. The van der Waals surface area contributed by atoms with Crippen LogP contribution in [-0.4, -0.2) is 28.9 Å². The van der Waals surface area contributed by atoms with Crippen LogP contribution in [0.4, 0.5) is 4.39 Å². The molecule has 0 aliphatic carbocycles. The molecule has 148 valence electrons. The molecule has 0 N–H and O–H groups in total. The first-order chi connectivity index (χ1) is 14.2. The lowest BCUT2D eigenvalue weighted by Crippen LogP contribution is -2.25. The standard InChI is InChI=1S/C24H23FN2O2/c25-20-11-12-23(26-13-20)21-15-27(14-18-7-3-1-4-8-18)16-22(21)24(28)29-17-19-9-5-2-6-10-19/h1-13,21-22H,14-17H2/t21-,22-/m0/s1. The summed E-state index contributed by atoms with van der Waals surface area (Å²) in [7, 11) is 0. The summed E-state index contributed by atoms with van der Waals surface area (Å²) in [6.07, 6.45) is 1.21. The molecule has 29 heavy (non-hydrogen) atoms. The molecule has 1 aliphatic heterocycles. The van der Waals surface area contributed by atoms with Crippen LogP contribution < -0.4 is 0 Å². The number of aromatic nitrogens is 1. The average molecular weight is 390 g/mol. The molecule has 4 nitrogen and oxygen atoms in total. The molecule has 1 fully saturated rings. The van der Waals surface area contributed by atoms with E-state index < -0.39 is 0 Å². The third kappa shape index (κ3) is 4.87. The zero-order valence-corrected chi connectivity index (χ0v) is 16.1. The van der Waals surface area contributed by atoms with Gasteiger partial charge < -0.3 is 4.74 Å². The van der Waals surface area contributed by atoms with E-state index in [0.29, 0.717) is 13.1 Å². The smallest absolute Gasteiger partial charge is 0.311 e. The molecule has 5 heteroatoms. The maximum absolute atomic E-state index is 13.3. The largest absolute Gasteiger partial charge is 0.461 e. The van der Waals surface area contributed by atoms with Crippen molar-refractivity contribution in [1.82, 2.24) is 9.88 Å². The van der Waals surface area contributed by atoms with Crippen molar-refractivity contribution in [2.45, 2.75) is 19.1 Å². The van der Waals surface area contributed by atoms with Gasteiger partial charge in [0.15, 0.2) is 0 Å². The van der Waals surface area contributed by atoms with Gasteiger partial charge in [0.25, 0.3) is 0 Å². The van der Waals surface area contributed by atoms with E-state index in [0.717, 1.165) is 17.8 Å². The van der Waals surface area contributed by atoms with E-state index in [1.165, 1.54) is 17.8 Å². The number of likely N-dealkylation sites (tertiary alicyclic amines) is 1. The van der Waals surface area contributed by atoms with E-state index in [9.17, 15) is 9.18 Å². The number of benzene rings is 2. The van der Waals surface area contributed by atoms with Crippen molar-refractivity contribution >= 4 is 5.97 Å². The SMILES string of the molecule is O=C(OCc1ccccc1)[C@H]1CN(Cc2ccccc2)C[C@@H]1c1ccc(F)cn1. The Balaban J connectivity index is 1.49. The first kappa shape index (κ1) is 19.3. The van der Waals surface area contributed by atoms with Gasteiger partial charge in [-0.05, 0) is 23.3 Å². The van der Waals surface area contributed by atoms with Crippen LogP contribution in [-0.2, 0) is 22.7 Å². The summed E-state index contributed by atoms with van der Waals surface area (Å²) in [4.78, 5) is 19.4. The van der Waals surface area contributed by atoms with E-state index in [4.69, 9.17) is 4.74 Å². The average Bonchev–Trinajstić information content (AvgIpc) is 3.18. The summed E-state index contributed by atoms with van der Waals surface area (Å²) >= 11 is 0.